The van der Waals surface area contributed by atoms with Gasteiger partial charge in [-0.25, -0.2) is 8.78 Å². The van der Waals surface area contributed by atoms with Crippen molar-refractivity contribution in [2.75, 3.05) is 25.5 Å². The lowest BCUT2D eigenvalue weighted by Crippen LogP contribution is -2.41. The molecule has 2 amide bonds. The number of likely N-dealkylation sites (N-methyl/N-ethyl adjacent to an activating group) is 1. The zero-order valence-electron chi connectivity index (χ0n) is 13.8. The van der Waals surface area contributed by atoms with Gasteiger partial charge >= 0.3 is 0 Å². The van der Waals surface area contributed by atoms with Crippen molar-refractivity contribution in [3.8, 4) is 0 Å². The highest BCUT2D eigenvalue weighted by molar-refractivity contribution is 5.94. The van der Waals surface area contributed by atoms with E-state index in [1.165, 1.54) is 29.2 Å². The van der Waals surface area contributed by atoms with Crippen molar-refractivity contribution < 1.29 is 18.4 Å². The SMILES string of the molecule is CNCC(=O)N(CC(=O)Nc1ccccc1F)Cc1ccccc1F. The summed E-state index contributed by atoms with van der Waals surface area (Å²) in [6.45, 7) is -0.373. The monoisotopic (exact) mass is 347 g/mol. The van der Waals surface area contributed by atoms with Crippen LogP contribution in [0.2, 0.25) is 0 Å². The van der Waals surface area contributed by atoms with Gasteiger partial charge in [0.15, 0.2) is 0 Å². The fourth-order valence-electron chi connectivity index (χ4n) is 2.25. The smallest absolute Gasteiger partial charge is 0.244 e. The van der Waals surface area contributed by atoms with Crippen molar-refractivity contribution in [2.24, 2.45) is 0 Å². The molecule has 0 aromatic heterocycles. The molecule has 2 rings (SSSR count). The number of nitrogens with one attached hydrogen (secondary N) is 2. The first-order chi connectivity index (χ1) is 12.0. The number of carbonyl (C=O) groups excluding carboxylic acids is 2. The van der Waals surface area contributed by atoms with Gasteiger partial charge in [-0.15, -0.1) is 0 Å². The number of hydrogen-bond donors (Lipinski definition) is 2. The first-order valence-electron chi connectivity index (χ1n) is 7.71. The number of halogens is 2. The molecule has 0 atom stereocenters. The molecule has 132 valence electrons. The Morgan fingerprint density at radius 2 is 1.64 bits per heavy atom. The maximum Gasteiger partial charge on any atom is 0.244 e. The second-order valence-corrected chi connectivity index (χ2v) is 5.40. The predicted octanol–water partition coefficient (Wildman–Crippen LogP) is 2.15. The molecule has 0 heterocycles. The van der Waals surface area contributed by atoms with Crippen LogP contribution in [0.15, 0.2) is 48.5 Å². The lowest BCUT2D eigenvalue weighted by molar-refractivity contribution is -0.134. The largest absolute Gasteiger partial charge is 0.328 e. The maximum absolute atomic E-state index is 13.8. The Morgan fingerprint density at radius 1 is 1.00 bits per heavy atom. The number of amides is 2. The van der Waals surface area contributed by atoms with E-state index < -0.39 is 17.5 Å². The summed E-state index contributed by atoms with van der Waals surface area (Å²) in [6, 6.07) is 11.8. The molecule has 0 spiro atoms. The Balaban J connectivity index is 2.10. The summed E-state index contributed by atoms with van der Waals surface area (Å²) in [5.41, 5.74) is 0.324. The van der Waals surface area contributed by atoms with Gasteiger partial charge in [0.05, 0.1) is 12.2 Å². The van der Waals surface area contributed by atoms with Gasteiger partial charge in [0.2, 0.25) is 11.8 Å². The Labute approximate surface area is 144 Å². The van der Waals surface area contributed by atoms with E-state index in [-0.39, 0.29) is 31.2 Å². The topological polar surface area (TPSA) is 61.4 Å². The summed E-state index contributed by atoms with van der Waals surface area (Å²) in [5, 5.41) is 5.12. The summed E-state index contributed by atoms with van der Waals surface area (Å²) in [7, 11) is 1.60. The molecule has 0 aliphatic heterocycles. The second-order valence-electron chi connectivity index (χ2n) is 5.40. The van der Waals surface area contributed by atoms with E-state index >= 15 is 0 Å². The van der Waals surface area contributed by atoms with Gasteiger partial charge in [0.1, 0.15) is 18.2 Å². The summed E-state index contributed by atoms with van der Waals surface area (Å²) in [4.78, 5) is 25.6. The molecule has 0 bridgehead atoms. The molecule has 2 N–H and O–H groups in total. The Bertz CT molecular complexity index is 753. The molecule has 0 aliphatic rings. The van der Waals surface area contributed by atoms with Gasteiger partial charge in [0, 0.05) is 12.1 Å². The number of anilines is 1. The third-order valence-electron chi connectivity index (χ3n) is 3.48. The fourth-order valence-corrected chi connectivity index (χ4v) is 2.25. The van der Waals surface area contributed by atoms with E-state index in [0.29, 0.717) is 5.56 Å². The summed E-state index contributed by atoms with van der Waals surface area (Å²) in [5.74, 6) is -1.96. The number of para-hydroxylation sites is 1. The van der Waals surface area contributed by atoms with Crippen molar-refractivity contribution in [2.45, 2.75) is 6.54 Å². The molecule has 7 heteroatoms. The summed E-state index contributed by atoms with van der Waals surface area (Å²) >= 11 is 0. The van der Waals surface area contributed by atoms with Crippen LogP contribution in [-0.4, -0.2) is 36.9 Å². The molecule has 5 nitrogen and oxygen atoms in total. The molecule has 2 aromatic carbocycles. The minimum absolute atomic E-state index is 0.00142. The number of carbonyl (C=O) groups is 2. The zero-order valence-corrected chi connectivity index (χ0v) is 13.8. The number of nitrogens with zero attached hydrogens (tertiary/aromatic N) is 1. The predicted molar refractivity (Wildman–Crippen MR) is 90.8 cm³/mol. The van der Waals surface area contributed by atoms with E-state index in [1.54, 1.807) is 31.3 Å². The van der Waals surface area contributed by atoms with Crippen LogP contribution in [0.1, 0.15) is 5.56 Å². The minimum Gasteiger partial charge on any atom is -0.328 e. The highest BCUT2D eigenvalue weighted by Gasteiger charge is 2.19. The molecule has 0 radical (unpaired) electrons. The van der Waals surface area contributed by atoms with Crippen LogP contribution in [0.5, 0.6) is 0 Å². The molecular formula is C18H19F2N3O2. The quantitative estimate of drug-likeness (QED) is 0.807. The molecule has 0 aliphatic carbocycles. The van der Waals surface area contributed by atoms with E-state index in [4.69, 9.17) is 0 Å². The van der Waals surface area contributed by atoms with Gasteiger partial charge in [0.25, 0.3) is 0 Å². The van der Waals surface area contributed by atoms with E-state index in [2.05, 4.69) is 10.6 Å². The van der Waals surface area contributed by atoms with E-state index in [1.807, 2.05) is 0 Å². The average molecular weight is 347 g/mol. The Kier molecular flexibility index (Phi) is 6.59. The van der Waals surface area contributed by atoms with E-state index in [0.717, 1.165) is 0 Å². The fraction of sp³-hybridized carbons (Fsp3) is 0.222. The minimum atomic E-state index is -0.571. The highest BCUT2D eigenvalue weighted by Crippen LogP contribution is 2.13. The van der Waals surface area contributed by atoms with Crippen LogP contribution in [0.3, 0.4) is 0 Å². The van der Waals surface area contributed by atoms with Crippen molar-refractivity contribution >= 4 is 17.5 Å². The first kappa shape index (κ1) is 18.5. The van der Waals surface area contributed by atoms with Crippen molar-refractivity contribution in [3.05, 3.63) is 65.7 Å². The molecule has 2 aromatic rings. The van der Waals surface area contributed by atoms with Gasteiger partial charge < -0.3 is 15.5 Å². The van der Waals surface area contributed by atoms with Crippen LogP contribution >= 0.6 is 0 Å². The number of rotatable bonds is 7. The van der Waals surface area contributed by atoms with Gasteiger partial charge in [-0.2, -0.15) is 0 Å². The molecule has 0 unspecified atom stereocenters. The normalized spacial score (nSPS) is 10.4. The van der Waals surface area contributed by atoms with Crippen LogP contribution in [-0.2, 0) is 16.1 Å². The van der Waals surface area contributed by atoms with Gasteiger partial charge in [-0.3, -0.25) is 9.59 Å². The molecule has 0 saturated carbocycles. The van der Waals surface area contributed by atoms with Crippen LogP contribution < -0.4 is 10.6 Å². The van der Waals surface area contributed by atoms with E-state index in [9.17, 15) is 18.4 Å². The maximum atomic E-state index is 13.8. The third kappa shape index (κ3) is 5.36. The number of benzene rings is 2. The average Bonchev–Trinajstić information content (AvgIpc) is 2.58. The standard InChI is InChI=1S/C18H19F2N3O2/c1-21-10-18(25)23(11-13-6-2-3-7-14(13)19)12-17(24)22-16-9-5-4-8-15(16)20/h2-9,21H,10-12H2,1H3,(H,22,24). The first-order valence-corrected chi connectivity index (χ1v) is 7.71. The molecule has 0 saturated heterocycles. The Morgan fingerprint density at radius 3 is 2.28 bits per heavy atom. The van der Waals surface area contributed by atoms with Crippen LogP contribution in [0.25, 0.3) is 0 Å². The summed E-state index contributed by atoms with van der Waals surface area (Å²) in [6.07, 6.45) is 0. The molecule has 25 heavy (non-hydrogen) atoms. The van der Waals surface area contributed by atoms with Crippen molar-refractivity contribution in [3.63, 3.8) is 0 Å². The lowest BCUT2D eigenvalue weighted by Gasteiger charge is -2.22. The molecular weight excluding hydrogens is 328 g/mol. The van der Waals surface area contributed by atoms with Gasteiger partial charge in [-0.05, 0) is 25.2 Å². The van der Waals surface area contributed by atoms with Crippen LogP contribution in [0, 0.1) is 11.6 Å². The molecule has 0 fully saturated rings. The van der Waals surface area contributed by atoms with Crippen LogP contribution in [0.4, 0.5) is 14.5 Å². The zero-order chi connectivity index (χ0) is 18.2. The second kappa shape index (κ2) is 8.89. The summed E-state index contributed by atoms with van der Waals surface area (Å²) < 4.78 is 27.4. The van der Waals surface area contributed by atoms with Gasteiger partial charge in [-0.1, -0.05) is 30.3 Å². The van der Waals surface area contributed by atoms with Crippen molar-refractivity contribution in [1.29, 1.82) is 0 Å². The Hall–Kier alpha value is -2.80. The van der Waals surface area contributed by atoms with Crippen molar-refractivity contribution in [1.82, 2.24) is 10.2 Å². The highest BCUT2D eigenvalue weighted by atomic mass is 19.1. The number of hydrogen-bond acceptors (Lipinski definition) is 3. The third-order valence-corrected chi connectivity index (χ3v) is 3.48. The lowest BCUT2D eigenvalue weighted by atomic mass is 10.2.